The molecule has 2 aliphatic rings. The SMILES string of the molecule is COCc1nnc(N2CC(N3C(=O)COc4cc(C)ccc43)C2)n1-c1ccc(OC)nc1. The van der Waals surface area contributed by atoms with Gasteiger partial charge < -0.3 is 19.1 Å². The van der Waals surface area contributed by atoms with Crippen molar-refractivity contribution in [2.75, 3.05) is 43.7 Å². The molecule has 0 bridgehead atoms. The van der Waals surface area contributed by atoms with Gasteiger partial charge in [0.1, 0.15) is 12.4 Å². The highest BCUT2D eigenvalue weighted by atomic mass is 16.5. The molecule has 0 saturated carbocycles. The van der Waals surface area contributed by atoms with Crippen LogP contribution in [0.25, 0.3) is 5.69 Å². The van der Waals surface area contributed by atoms with Gasteiger partial charge in [0, 0.05) is 26.3 Å². The second-order valence-electron chi connectivity index (χ2n) is 7.83. The number of hydrogen-bond acceptors (Lipinski definition) is 8. The maximum absolute atomic E-state index is 12.7. The Balaban J connectivity index is 1.41. The van der Waals surface area contributed by atoms with Crippen LogP contribution in [-0.2, 0) is 16.1 Å². The Morgan fingerprint density at radius 2 is 2.00 bits per heavy atom. The van der Waals surface area contributed by atoms with Crippen LogP contribution in [0.5, 0.6) is 11.6 Å². The van der Waals surface area contributed by atoms with Gasteiger partial charge in [-0.15, -0.1) is 10.2 Å². The minimum Gasteiger partial charge on any atom is -0.482 e. The minimum absolute atomic E-state index is 0.0258. The minimum atomic E-state index is -0.0353. The Kier molecular flexibility index (Phi) is 5.14. The Morgan fingerprint density at radius 3 is 2.72 bits per heavy atom. The number of aryl methyl sites for hydroxylation is 1. The lowest BCUT2D eigenvalue weighted by Gasteiger charge is -2.46. The summed E-state index contributed by atoms with van der Waals surface area (Å²) in [6, 6.07) is 9.63. The number of aromatic nitrogens is 4. The third-order valence-corrected chi connectivity index (χ3v) is 5.68. The quantitative estimate of drug-likeness (QED) is 0.577. The molecule has 1 saturated heterocycles. The van der Waals surface area contributed by atoms with Crippen LogP contribution in [-0.4, -0.2) is 65.6 Å². The molecule has 0 spiro atoms. The van der Waals surface area contributed by atoms with Crippen LogP contribution in [0.2, 0.25) is 0 Å². The van der Waals surface area contributed by atoms with E-state index >= 15 is 0 Å². The third-order valence-electron chi connectivity index (χ3n) is 5.68. The highest BCUT2D eigenvalue weighted by Crippen LogP contribution is 2.37. The molecule has 2 aromatic heterocycles. The summed E-state index contributed by atoms with van der Waals surface area (Å²) in [5.74, 6) is 2.59. The fourth-order valence-corrected chi connectivity index (χ4v) is 4.09. The predicted molar refractivity (Wildman–Crippen MR) is 117 cm³/mol. The lowest BCUT2D eigenvalue weighted by molar-refractivity contribution is -0.121. The number of amides is 1. The molecule has 166 valence electrons. The van der Waals surface area contributed by atoms with Crippen molar-refractivity contribution in [2.45, 2.75) is 19.6 Å². The summed E-state index contributed by atoms with van der Waals surface area (Å²) >= 11 is 0. The number of anilines is 2. The number of carbonyl (C=O) groups is 1. The topological polar surface area (TPSA) is 94.8 Å². The second kappa shape index (κ2) is 8.12. The van der Waals surface area contributed by atoms with Gasteiger partial charge in [-0.05, 0) is 30.7 Å². The molecular weight excluding hydrogens is 412 g/mol. The first-order valence-electron chi connectivity index (χ1n) is 10.3. The van der Waals surface area contributed by atoms with E-state index in [1.54, 1.807) is 26.5 Å². The van der Waals surface area contributed by atoms with Gasteiger partial charge in [-0.25, -0.2) is 4.98 Å². The molecule has 0 unspecified atom stereocenters. The fourth-order valence-electron chi connectivity index (χ4n) is 4.09. The van der Waals surface area contributed by atoms with Gasteiger partial charge in [-0.3, -0.25) is 14.3 Å². The Labute approximate surface area is 185 Å². The van der Waals surface area contributed by atoms with Gasteiger partial charge in [0.2, 0.25) is 11.8 Å². The number of ether oxygens (including phenoxy) is 3. The van der Waals surface area contributed by atoms with E-state index in [9.17, 15) is 4.79 Å². The molecule has 5 rings (SSSR count). The van der Waals surface area contributed by atoms with Crippen LogP contribution >= 0.6 is 0 Å². The van der Waals surface area contributed by atoms with Crippen molar-refractivity contribution in [3.8, 4) is 17.3 Å². The highest BCUT2D eigenvalue weighted by molar-refractivity contribution is 5.99. The monoisotopic (exact) mass is 436 g/mol. The van der Waals surface area contributed by atoms with Crippen LogP contribution in [0.15, 0.2) is 36.5 Å². The first-order valence-corrected chi connectivity index (χ1v) is 10.3. The molecule has 4 heterocycles. The molecule has 0 atom stereocenters. The van der Waals surface area contributed by atoms with Crippen molar-refractivity contribution in [3.63, 3.8) is 0 Å². The van der Waals surface area contributed by atoms with Crippen LogP contribution < -0.4 is 19.3 Å². The summed E-state index contributed by atoms with van der Waals surface area (Å²) in [5.41, 5.74) is 2.72. The normalized spacial score (nSPS) is 15.9. The zero-order valence-electron chi connectivity index (χ0n) is 18.2. The third kappa shape index (κ3) is 3.42. The number of rotatable bonds is 6. The highest BCUT2D eigenvalue weighted by Gasteiger charge is 2.40. The van der Waals surface area contributed by atoms with E-state index in [1.165, 1.54) is 0 Å². The molecule has 32 heavy (non-hydrogen) atoms. The average Bonchev–Trinajstić information content (AvgIpc) is 3.17. The fraction of sp³-hybridized carbons (Fsp3) is 0.364. The number of hydrogen-bond donors (Lipinski definition) is 0. The van der Waals surface area contributed by atoms with E-state index in [1.807, 2.05) is 40.7 Å². The van der Waals surface area contributed by atoms with Crippen molar-refractivity contribution in [1.29, 1.82) is 0 Å². The summed E-state index contributed by atoms with van der Waals surface area (Å²) in [6.45, 7) is 3.64. The van der Waals surface area contributed by atoms with E-state index in [0.29, 0.717) is 37.3 Å². The molecule has 2 aliphatic heterocycles. The average molecular weight is 436 g/mol. The zero-order chi connectivity index (χ0) is 22.2. The molecule has 10 heteroatoms. The summed E-state index contributed by atoms with van der Waals surface area (Å²) in [6.07, 6.45) is 1.71. The van der Waals surface area contributed by atoms with Crippen molar-refractivity contribution < 1.29 is 19.0 Å². The van der Waals surface area contributed by atoms with Crippen molar-refractivity contribution >= 4 is 17.5 Å². The Bertz CT molecular complexity index is 1140. The van der Waals surface area contributed by atoms with E-state index < -0.39 is 0 Å². The second-order valence-corrected chi connectivity index (χ2v) is 7.83. The first-order chi connectivity index (χ1) is 15.6. The number of nitrogens with zero attached hydrogens (tertiary/aromatic N) is 6. The molecule has 10 nitrogen and oxygen atoms in total. The van der Waals surface area contributed by atoms with Gasteiger partial charge in [-0.1, -0.05) is 6.07 Å². The summed E-state index contributed by atoms with van der Waals surface area (Å²) in [4.78, 5) is 20.9. The van der Waals surface area contributed by atoms with Crippen LogP contribution in [0.1, 0.15) is 11.4 Å². The Hall–Kier alpha value is -3.66. The van der Waals surface area contributed by atoms with Crippen molar-refractivity contribution in [2.24, 2.45) is 0 Å². The van der Waals surface area contributed by atoms with E-state index in [0.717, 1.165) is 22.7 Å². The number of methoxy groups -OCH3 is 2. The number of benzene rings is 1. The van der Waals surface area contributed by atoms with E-state index in [2.05, 4.69) is 20.1 Å². The number of pyridine rings is 1. The van der Waals surface area contributed by atoms with Crippen LogP contribution in [0.4, 0.5) is 11.6 Å². The summed E-state index contributed by atoms with van der Waals surface area (Å²) in [7, 11) is 3.20. The van der Waals surface area contributed by atoms with Gasteiger partial charge in [-0.2, -0.15) is 0 Å². The lowest BCUT2D eigenvalue weighted by Crippen LogP contribution is -2.63. The smallest absolute Gasteiger partial charge is 0.265 e. The largest absolute Gasteiger partial charge is 0.482 e. The molecule has 1 fully saturated rings. The standard InChI is InChI=1S/C22H24N6O4/c1-14-4-6-17-18(8-14)32-13-21(29)27(17)16-10-26(11-16)22-25-24-19(12-30-2)28(22)15-5-7-20(31-3)23-9-15/h4-9,16H,10-13H2,1-3H3. The van der Waals surface area contributed by atoms with Gasteiger partial charge >= 0.3 is 0 Å². The molecule has 0 aliphatic carbocycles. The summed E-state index contributed by atoms with van der Waals surface area (Å²) in [5, 5.41) is 8.71. The van der Waals surface area contributed by atoms with E-state index in [4.69, 9.17) is 14.2 Å². The molecule has 1 amide bonds. The molecule has 3 aromatic rings. The van der Waals surface area contributed by atoms with E-state index in [-0.39, 0.29) is 18.6 Å². The van der Waals surface area contributed by atoms with Gasteiger partial charge in [0.05, 0.1) is 30.7 Å². The first kappa shape index (κ1) is 20.3. The van der Waals surface area contributed by atoms with Crippen molar-refractivity contribution in [1.82, 2.24) is 19.7 Å². The Morgan fingerprint density at radius 1 is 1.16 bits per heavy atom. The van der Waals surface area contributed by atoms with Gasteiger partial charge in [0.15, 0.2) is 12.4 Å². The molecular formula is C22H24N6O4. The summed E-state index contributed by atoms with van der Waals surface area (Å²) < 4.78 is 18.0. The number of fused-ring (bicyclic) bond motifs is 1. The van der Waals surface area contributed by atoms with Crippen LogP contribution in [0.3, 0.4) is 0 Å². The molecule has 0 radical (unpaired) electrons. The predicted octanol–water partition coefficient (Wildman–Crippen LogP) is 1.74. The van der Waals surface area contributed by atoms with Crippen molar-refractivity contribution in [3.05, 3.63) is 47.9 Å². The maximum atomic E-state index is 12.7. The lowest BCUT2D eigenvalue weighted by atomic mass is 10.0. The molecule has 1 aromatic carbocycles. The van der Waals surface area contributed by atoms with Gasteiger partial charge in [0.25, 0.3) is 5.91 Å². The molecule has 0 N–H and O–H groups in total. The maximum Gasteiger partial charge on any atom is 0.265 e. The number of carbonyl (C=O) groups excluding carboxylic acids is 1. The van der Waals surface area contributed by atoms with Crippen LogP contribution in [0, 0.1) is 6.92 Å². The zero-order valence-corrected chi connectivity index (χ0v) is 18.2.